The van der Waals surface area contributed by atoms with Crippen LogP contribution in [0.3, 0.4) is 0 Å². The van der Waals surface area contributed by atoms with Crippen molar-refractivity contribution in [3.8, 4) is 5.75 Å². The Hall–Kier alpha value is -2.27. The third-order valence-corrected chi connectivity index (χ3v) is 3.99. The van der Waals surface area contributed by atoms with Crippen LogP contribution < -0.4 is 10.2 Å². The fourth-order valence-corrected chi connectivity index (χ4v) is 2.62. The van der Waals surface area contributed by atoms with E-state index < -0.39 is 0 Å². The topological polar surface area (TPSA) is 55.6 Å². The lowest BCUT2D eigenvalue weighted by molar-refractivity contribution is -0.123. The summed E-state index contributed by atoms with van der Waals surface area (Å²) in [6.45, 7) is 9.37. The quantitative estimate of drug-likeness (QED) is 0.599. The van der Waals surface area contributed by atoms with Gasteiger partial charge in [0.15, 0.2) is 6.61 Å². The van der Waals surface area contributed by atoms with E-state index in [-0.39, 0.29) is 12.5 Å². The number of amides is 1. The van der Waals surface area contributed by atoms with Crippen molar-refractivity contribution in [3.63, 3.8) is 0 Å². The van der Waals surface area contributed by atoms with Crippen LogP contribution in [0.5, 0.6) is 5.75 Å². The Balaban J connectivity index is 1.88. The fraction of sp³-hybridized carbons (Fsp3) is 0.368. The maximum Gasteiger partial charge on any atom is 0.277 e. The smallest absolute Gasteiger partial charge is 0.277 e. The summed E-state index contributed by atoms with van der Waals surface area (Å²) in [6.07, 6.45) is 1.67. The maximum absolute atomic E-state index is 11.8. The summed E-state index contributed by atoms with van der Waals surface area (Å²) in [5.41, 5.74) is 5.80. The Morgan fingerprint density at radius 1 is 1.32 bits per heavy atom. The molecule has 0 bridgehead atoms. The van der Waals surface area contributed by atoms with Gasteiger partial charge in [0.25, 0.3) is 5.91 Å². The van der Waals surface area contributed by atoms with Crippen LogP contribution in [0.25, 0.3) is 0 Å². The lowest BCUT2D eigenvalue weighted by Gasteiger charge is -2.11. The highest BCUT2D eigenvalue weighted by Crippen LogP contribution is 2.16. The molecule has 6 heteroatoms. The minimum atomic E-state index is -0.317. The molecule has 0 radical (unpaired) electrons. The summed E-state index contributed by atoms with van der Waals surface area (Å²) in [5.74, 6) is 0.835. The maximum atomic E-state index is 11.8. The van der Waals surface area contributed by atoms with E-state index in [0.717, 1.165) is 17.8 Å². The minimum Gasteiger partial charge on any atom is -0.484 e. The Kier molecular flexibility index (Phi) is 6.65. The molecule has 0 saturated carbocycles. The molecule has 25 heavy (non-hydrogen) atoms. The zero-order valence-corrected chi connectivity index (χ0v) is 15.8. The summed E-state index contributed by atoms with van der Waals surface area (Å²) in [7, 11) is 0. The number of aryl methyl sites for hydroxylation is 1. The number of ether oxygens (including phenoxy) is 1. The summed E-state index contributed by atoms with van der Waals surface area (Å²) in [6, 6.07) is 8.91. The number of hydrogen-bond acceptors (Lipinski definition) is 3. The summed E-state index contributed by atoms with van der Waals surface area (Å²) in [4.78, 5) is 11.8. The van der Waals surface area contributed by atoms with Crippen LogP contribution in [0.1, 0.15) is 30.8 Å². The van der Waals surface area contributed by atoms with E-state index in [1.807, 2.05) is 0 Å². The molecule has 1 amide bonds. The van der Waals surface area contributed by atoms with Gasteiger partial charge in [0.05, 0.1) is 6.21 Å². The van der Waals surface area contributed by atoms with Gasteiger partial charge in [0.2, 0.25) is 0 Å². The minimum absolute atomic E-state index is 0.106. The highest BCUT2D eigenvalue weighted by atomic mass is 35.5. The van der Waals surface area contributed by atoms with E-state index in [0.29, 0.717) is 16.7 Å². The van der Waals surface area contributed by atoms with Gasteiger partial charge in [0.1, 0.15) is 5.75 Å². The van der Waals surface area contributed by atoms with Crippen LogP contribution in [-0.2, 0) is 11.3 Å². The van der Waals surface area contributed by atoms with Gasteiger partial charge in [-0.3, -0.25) is 4.79 Å². The predicted molar refractivity (Wildman–Crippen MR) is 101 cm³/mol. The van der Waals surface area contributed by atoms with Gasteiger partial charge < -0.3 is 9.30 Å². The number of benzene rings is 1. The summed E-state index contributed by atoms with van der Waals surface area (Å²) >= 11 is 5.80. The second-order valence-corrected chi connectivity index (χ2v) is 6.80. The van der Waals surface area contributed by atoms with Gasteiger partial charge in [-0.25, -0.2) is 5.43 Å². The monoisotopic (exact) mass is 361 g/mol. The molecule has 0 saturated heterocycles. The summed E-state index contributed by atoms with van der Waals surface area (Å²) in [5, 5.41) is 4.65. The Morgan fingerprint density at radius 2 is 2.00 bits per heavy atom. The molecule has 0 atom stereocenters. The Bertz CT molecular complexity index is 749. The number of rotatable bonds is 7. The third kappa shape index (κ3) is 5.64. The van der Waals surface area contributed by atoms with Crippen molar-refractivity contribution in [2.45, 2.75) is 34.2 Å². The Morgan fingerprint density at radius 3 is 2.64 bits per heavy atom. The highest BCUT2D eigenvalue weighted by Gasteiger charge is 2.09. The van der Waals surface area contributed by atoms with E-state index >= 15 is 0 Å². The first-order valence-corrected chi connectivity index (χ1v) is 8.61. The van der Waals surface area contributed by atoms with E-state index in [2.05, 4.69) is 48.9 Å². The zero-order valence-electron chi connectivity index (χ0n) is 15.0. The number of nitrogens with zero attached hydrogens (tertiary/aromatic N) is 2. The van der Waals surface area contributed by atoms with E-state index in [4.69, 9.17) is 16.3 Å². The molecule has 0 aliphatic carbocycles. The number of carbonyl (C=O) groups is 1. The van der Waals surface area contributed by atoms with Crippen LogP contribution in [-0.4, -0.2) is 23.3 Å². The van der Waals surface area contributed by atoms with E-state index in [9.17, 15) is 4.79 Å². The van der Waals surface area contributed by atoms with Gasteiger partial charge in [0, 0.05) is 28.5 Å². The average molecular weight is 362 g/mol. The molecular weight excluding hydrogens is 338 g/mol. The number of nitrogens with one attached hydrogen (secondary N) is 1. The van der Waals surface area contributed by atoms with Gasteiger partial charge in [-0.1, -0.05) is 25.4 Å². The van der Waals surface area contributed by atoms with E-state index in [1.54, 1.807) is 30.5 Å². The first-order chi connectivity index (χ1) is 11.9. The molecule has 1 N–H and O–H groups in total. The molecular formula is C19H24ClN3O2. The van der Waals surface area contributed by atoms with Crippen LogP contribution in [0.2, 0.25) is 5.02 Å². The van der Waals surface area contributed by atoms with Crippen molar-refractivity contribution in [1.29, 1.82) is 0 Å². The molecule has 2 aromatic rings. The van der Waals surface area contributed by atoms with Gasteiger partial charge in [-0.15, -0.1) is 0 Å². The molecule has 0 aliphatic rings. The highest BCUT2D eigenvalue weighted by molar-refractivity contribution is 6.30. The SMILES string of the molecule is Cc1cc(/C=N\NC(=O)COc2ccc(Cl)cc2)c(C)n1CC(C)C. The number of carbonyl (C=O) groups excluding carboxylic acids is 1. The predicted octanol–water partition coefficient (Wildman–Crippen LogP) is 3.94. The standard InChI is InChI=1S/C19H24ClN3O2/c1-13(2)11-23-14(3)9-16(15(23)4)10-21-22-19(24)12-25-18-7-5-17(20)6-8-18/h5-10,13H,11-12H2,1-4H3,(H,22,24)/b21-10-. The second kappa shape index (κ2) is 8.72. The van der Waals surface area contributed by atoms with Crippen molar-refractivity contribution < 1.29 is 9.53 Å². The molecule has 1 aromatic heterocycles. The van der Waals surface area contributed by atoms with Crippen molar-refractivity contribution in [1.82, 2.24) is 9.99 Å². The fourth-order valence-electron chi connectivity index (χ4n) is 2.49. The first-order valence-electron chi connectivity index (χ1n) is 8.24. The van der Waals surface area contributed by atoms with Gasteiger partial charge >= 0.3 is 0 Å². The normalized spacial score (nSPS) is 11.3. The molecule has 5 nitrogen and oxygen atoms in total. The number of hydrogen-bond donors (Lipinski definition) is 1. The molecule has 1 heterocycles. The molecule has 0 spiro atoms. The second-order valence-electron chi connectivity index (χ2n) is 6.37. The number of hydrazone groups is 1. The molecule has 0 fully saturated rings. The number of halogens is 1. The van der Waals surface area contributed by atoms with Crippen molar-refractivity contribution in [3.05, 3.63) is 52.3 Å². The molecule has 0 aliphatic heterocycles. The van der Waals surface area contributed by atoms with Gasteiger partial charge in [-0.05, 0) is 50.1 Å². The van der Waals surface area contributed by atoms with Crippen molar-refractivity contribution in [2.75, 3.05) is 6.61 Å². The third-order valence-electron chi connectivity index (χ3n) is 3.74. The van der Waals surface area contributed by atoms with Crippen LogP contribution in [0.4, 0.5) is 0 Å². The molecule has 2 rings (SSSR count). The lowest BCUT2D eigenvalue weighted by atomic mass is 10.2. The zero-order chi connectivity index (χ0) is 18.4. The lowest BCUT2D eigenvalue weighted by Crippen LogP contribution is -2.24. The van der Waals surface area contributed by atoms with E-state index in [1.165, 1.54) is 5.69 Å². The van der Waals surface area contributed by atoms with Crippen LogP contribution in [0.15, 0.2) is 35.4 Å². The summed E-state index contributed by atoms with van der Waals surface area (Å²) < 4.78 is 7.63. The first kappa shape index (κ1) is 19.1. The number of aromatic nitrogens is 1. The molecule has 0 unspecified atom stereocenters. The molecule has 1 aromatic carbocycles. The largest absolute Gasteiger partial charge is 0.484 e. The van der Waals surface area contributed by atoms with Crippen LogP contribution >= 0.6 is 11.6 Å². The van der Waals surface area contributed by atoms with Crippen molar-refractivity contribution in [2.24, 2.45) is 11.0 Å². The Labute approximate surface area is 153 Å². The average Bonchev–Trinajstić information content (AvgIpc) is 2.81. The van der Waals surface area contributed by atoms with Crippen LogP contribution in [0, 0.1) is 19.8 Å². The van der Waals surface area contributed by atoms with Gasteiger partial charge in [-0.2, -0.15) is 5.10 Å². The molecule has 134 valence electrons. The van der Waals surface area contributed by atoms with Crippen molar-refractivity contribution >= 4 is 23.7 Å².